The van der Waals surface area contributed by atoms with Crippen molar-refractivity contribution in [3.8, 4) is 39.9 Å². The predicted molar refractivity (Wildman–Crippen MR) is 309 cm³/mol. The largest absolute Gasteiger partial charge is 0.459 e. The molecule has 2 heterocycles. The van der Waals surface area contributed by atoms with Crippen LogP contribution in [0, 0.1) is 17.8 Å². The summed E-state index contributed by atoms with van der Waals surface area (Å²) in [5.41, 5.74) is 6.62. The Morgan fingerprint density at radius 3 is 2.13 bits per heavy atom. The molecule has 79 heavy (non-hydrogen) atoms. The van der Waals surface area contributed by atoms with Crippen LogP contribution in [0.4, 0.5) is 4.79 Å². The maximum absolute atomic E-state index is 15.4. The van der Waals surface area contributed by atoms with Crippen molar-refractivity contribution in [3.05, 3.63) is 162 Å². The van der Waals surface area contributed by atoms with Crippen LogP contribution >= 0.6 is 0 Å². The van der Waals surface area contributed by atoms with Gasteiger partial charge in [-0.3, -0.25) is 4.90 Å². The number of rotatable bonds is 31. The molecule has 0 aromatic heterocycles. The lowest BCUT2D eigenvalue weighted by Crippen LogP contribution is -2.70. The van der Waals surface area contributed by atoms with Gasteiger partial charge in [-0.2, -0.15) is 0 Å². The third kappa shape index (κ3) is 14.4. The fourth-order valence-corrected chi connectivity index (χ4v) is 12.3. The van der Waals surface area contributed by atoms with Gasteiger partial charge in [0.1, 0.15) is 29.9 Å². The molecule has 2 N–H and O–H groups in total. The molecule has 9 rings (SSSR count). The molecule has 420 valence electrons. The summed E-state index contributed by atoms with van der Waals surface area (Å²) in [4.78, 5) is 23.5. The first-order valence-corrected chi connectivity index (χ1v) is 29.3. The minimum atomic E-state index is -1.50. The number of carbonyl (C=O) groups is 1. The third-order valence-electron chi connectivity index (χ3n) is 16.2. The topological polar surface area (TPSA) is 138 Å². The van der Waals surface area contributed by atoms with Crippen molar-refractivity contribution in [2.45, 2.75) is 147 Å². The number of oxime groups is 1. The van der Waals surface area contributed by atoms with E-state index in [0.29, 0.717) is 47.3 Å². The molecule has 0 radical (unpaired) electrons. The number of unbranched alkanes of at least 4 members (excludes halogenated alkanes) is 11. The van der Waals surface area contributed by atoms with E-state index in [9.17, 15) is 10.2 Å². The lowest BCUT2D eigenvalue weighted by molar-refractivity contribution is -0.256. The van der Waals surface area contributed by atoms with Gasteiger partial charge in [0.2, 0.25) is 12.6 Å². The van der Waals surface area contributed by atoms with Crippen LogP contribution in [0.25, 0.3) is 11.1 Å². The van der Waals surface area contributed by atoms with Gasteiger partial charge in [-0.25, -0.2) is 4.79 Å². The molecular formula is C67H82N2O10. The molecule has 0 saturated heterocycles. The van der Waals surface area contributed by atoms with Crippen LogP contribution in [0.1, 0.15) is 139 Å². The Morgan fingerprint density at radius 2 is 1.39 bits per heavy atom. The Balaban J connectivity index is 1.14. The summed E-state index contributed by atoms with van der Waals surface area (Å²) in [7, 11) is 0. The molecule has 2 aliphatic heterocycles. The quantitative estimate of drug-likeness (QED) is 0.0251. The zero-order valence-electron chi connectivity index (χ0n) is 46.3. The van der Waals surface area contributed by atoms with Crippen LogP contribution in [0.5, 0.6) is 28.7 Å². The van der Waals surface area contributed by atoms with Gasteiger partial charge in [-0.05, 0) is 114 Å². The average Bonchev–Trinajstić information content (AvgIpc) is 3.74. The normalized spacial score (nSPS) is 21.1. The molecular weight excluding hydrogens is 993 g/mol. The van der Waals surface area contributed by atoms with Crippen LogP contribution in [0.3, 0.4) is 0 Å². The number of nitrogens with zero attached hydrogens (tertiary/aromatic N) is 2. The second-order valence-electron chi connectivity index (χ2n) is 21.6. The van der Waals surface area contributed by atoms with E-state index in [1.54, 1.807) is 11.0 Å². The van der Waals surface area contributed by atoms with Crippen LogP contribution < -0.4 is 18.9 Å². The van der Waals surface area contributed by atoms with E-state index in [1.807, 2.05) is 91.0 Å². The third-order valence-corrected chi connectivity index (χ3v) is 16.2. The number of benzene rings is 5. The maximum atomic E-state index is 15.4. The van der Waals surface area contributed by atoms with E-state index in [1.165, 1.54) is 44.9 Å². The van der Waals surface area contributed by atoms with E-state index in [4.69, 9.17) is 38.4 Å². The summed E-state index contributed by atoms with van der Waals surface area (Å²) >= 11 is 0. The van der Waals surface area contributed by atoms with Gasteiger partial charge in [-0.15, -0.1) is 6.58 Å². The van der Waals surface area contributed by atoms with Crippen LogP contribution in [-0.2, 0) is 27.5 Å². The summed E-state index contributed by atoms with van der Waals surface area (Å²) in [5.74, 6) is 1.03. The van der Waals surface area contributed by atoms with Crippen LogP contribution in [-0.4, -0.2) is 72.0 Å². The van der Waals surface area contributed by atoms with Gasteiger partial charge in [0.05, 0.1) is 24.8 Å². The zero-order valence-corrected chi connectivity index (χ0v) is 46.3. The van der Waals surface area contributed by atoms with Crippen molar-refractivity contribution >= 4 is 11.8 Å². The molecule has 12 nitrogen and oxygen atoms in total. The minimum absolute atomic E-state index is 0.0181. The van der Waals surface area contributed by atoms with E-state index in [2.05, 4.69) is 49.9 Å². The highest BCUT2D eigenvalue weighted by Gasteiger charge is 2.66. The number of hydrogen-bond acceptors (Lipinski definition) is 11. The number of carbonyl (C=O) groups excluding carboxylic acids is 1. The van der Waals surface area contributed by atoms with Crippen molar-refractivity contribution in [1.29, 1.82) is 0 Å². The summed E-state index contributed by atoms with van der Waals surface area (Å²) in [6, 6.07) is 39.4. The molecule has 2 aliphatic carbocycles. The number of aliphatic hydroxyl groups is 2. The summed E-state index contributed by atoms with van der Waals surface area (Å²) < 4.78 is 39.6. The highest BCUT2D eigenvalue weighted by Crippen LogP contribution is 2.62. The van der Waals surface area contributed by atoms with E-state index in [-0.39, 0.29) is 70.5 Å². The second kappa shape index (κ2) is 29.0. The zero-order chi connectivity index (χ0) is 54.7. The number of fused-ring (bicyclic) bond motifs is 3. The molecule has 6 unspecified atom stereocenters. The molecule has 5 aromatic carbocycles. The van der Waals surface area contributed by atoms with E-state index < -0.39 is 23.8 Å². The van der Waals surface area contributed by atoms with Gasteiger partial charge in [0.15, 0.2) is 11.5 Å². The Morgan fingerprint density at radius 1 is 0.722 bits per heavy atom. The van der Waals surface area contributed by atoms with Crippen molar-refractivity contribution in [1.82, 2.24) is 4.90 Å². The number of hydrogen-bond donors (Lipinski definition) is 2. The van der Waals surface area contributed by atoms with Crippen molar-refractivity contribution in [3.63, 3.8) is 0 Å². The highest BCUT2D eigenvalue weighted by atomic mass is 16.7. The first kappa shape index (κ1) is 57.1. The van der Waals surface area contributed by atoms with Gasteiger partial charge < -0.3 is 43.5 Å². The minimum Gasteiger partial charge on any atom is -0.459 e. The molecule has 6 atom stereocenters. The second-order valence-corrected chi connectivity index (χ2v) is 21.6. The molecule has 12 heteroatoms. The molecule has 1 fully saturated rings. The molecule has 0 bridgehead atoms. The fraction of sp³-hybridized carbons (Fsp3) is 0.463. The number of amides is 1. The van der Waals surface area contributed by atoms with Gasteiger partial charge >= 0.3 is 6.09 Å². The average molecular weight is 1080 g/mol. The Hall–Kier alpha value is -6.60. The van der Waals surface area contributed by atoms with Crippen molar-refractivity contribution in [2.24, 2.45) is 22.9 Å². The van der Waals surface area contributed by atoms with Gasteiger partial charge in [0.25, 0.3) is 0 Å². The fourth-order valence-electron chi connectivity index (χ4n) is 12.3. The molecule has 1 amide bonds. The van der Waals surface area contributed by atoms with Crippen molar-refractivity contribution in [2.75, 3.05) is 33.2 Å². The highest BCUT2D eigenvalue weighted by molar-refractivity contribution is 6.03. The number of allylic oxidation sites excluding steroid dienone is 1. The lowest BCUT2D eigenvalue weighted by atomic mass is 9.55. The molecule has 0 spiro atoms. The van der Waals surface area contributed by atoms with Gasteiger partial charge in [-0.1, -0.05) is 174 Å². The SMILES string of the molecule is C=CCOC12Oc3ccc(Oc4ccc(-c5ccccc5)cc4)cc3C3C(CCCCO)C(CCCCO)C=C(C(=NOCc4ccccc4)CC1N(Cc1ccc4c(c1)OCO4)C(=O)OCCCCCCCCCCCC)C32. The predicted octanol–water partition coefficient (Wildman–Crippen LogP) is 15.3. The Bertz CT molecular complexity index is 2770. The smallest absolute Gasteiger partial charge is 0.410 e. The van der Waals surface area contributed by atoms with Crippen LogP contribution in [0.2, 0.25) is 0 Å². The summed E-state index contributed by atoms with van der Waals surface area (Å²) in [6.07, 6.45) is 20.0. The standard InChI is InChI=1S/C67H82N2O10/c1-3-5-6-7-8-9-10-11-12-23-41-73-66(72)69(46-50-30-36-61-62(42-50)75-48-74-61)63-45-59(68-77-47-49-24-15-13-16-25-49)57-43-53(28-19-21-38-70)56(29-20-22-39-71)64-58-44-55(35-37-60(58)79-67(63,65(57)64)76-40-4-2)78-54-33-31-52(32-34-54)51-26-17-14-18-27-51/h4,13-18,24-27,30-37,42-44,53,56,63-65,70-71H,2-3,5-12,19-23,28-29,38-41,45-48H2,1H3. The molecule has 5 aromatic rings. The Labute approximate surface area is 468 Å². The molecule has 1 saturated carbocycles. The first-order chi connectivity index (χ1) is 38.9. The maximum Gasteiger partial charge on any atom is 0.410 e. The monoisotopic (exact) mass is 1070 g/mol. The summed E-state index contributed by atoms with van der Waals surface area (Å²) in [5, 5.41) is 25.4. The van der Waals surface area contributed by atoms with Crippen LogP contribution in [0.15, 0.2) is 151 Å². The van der Waals surface area contributed by atoms with Crippen molar-refractivity contribution < 1.29 is 48.3 Å². The van der Waals surface area contributed by atoms with E-state index in [0.717, 1.165) is 78.3 Å². The number of ether oxygens (including phenoxy) is 6. The van der Waals surface area contributed by atoms with E-state index >= 15 is 4.79 Å². The summed E-state index contributed by atoms with van der Waals surface area (Å²) in [6.45, 7) is 7.46. The van der Waals surface area contributed by atoms with Gasteiger partial charge in [0, 0.05) is 37.7 Å². The lowest BCUT2D eigenvalue weighted by Gasteiger charge is -2.59. The Kier molecular flexibility index (Phi) is 21.0. The first-order valence-electron chi connectivity index (χ1n) is 29.3. The number of aliphatic hydroxyl groups excluding tert-OH is 2. The molecule has 4 aliphatic rings.